The van der Waals surface area contributed by atoms with Crippen LogP contribution in [0.5, 0.6) is 0 Å². The number of aromatic nitrogens is 3. The molecule has 3 aromatic rings. The van der Waals surface area contributed by atoms with Crippen LogP contribution < -0.4 is 4.90 Å². The maximum absolute atomic E-state index is 12.7. The highest BCUT2D eigenvalue weighted by Crippen LogP contribution is 2.25. The van der Waals surface area contributed by atoms with Crippen molar-refractivity contribution >= 4 is 22.7 Å². The Morgan fingerprint density at radius 2 is 1.93 bits per heavy atom. The van der Waals surface area contributed by atoms with E-state index in [0.29, 0.717) is 11.3 Å². The number of nitrogens with zero attached hydrogens (tertiary/aromatic N) is 5. The van der Waals surface area contributed by atoms with Crippen LogP contribution in [0.25, 0.3) is 11.0 Å². The monoisotopic (exact) mass is 379 g/mol. The SMILES string of the molecule is CN(C(=O)Cc1noc2ccccc12)C1CN(c2ccc(C(C)(C)C)nn2)C1. The van der Waals surface area contributed by atoms with Crippen molar-refractivity contribution < 1.29 is 9.32 Å². The predicted molar refractivity (Wildman–Crippen MR) is 107 cm³/mol. The van der Waals surface area contributed by atoms with Gasteiger partial charge in [0.05, 0.1) is 18.2 Å². The zero-order valence-corrected chi connectivity index (χ0v) is 16.7. The molecule has 146 valence electrons. The van der Waals surface area contributed by atoms with Crippen LogP contribution in [0.3, 0.4) is 0 Å². The number of benzene rings is 1. The van der Waals surface area contributed by atoms with Gasteiger partial charge in [-0.25, -0.2) is 0 Å². The molecule has 0 N–H and O–H groups in total. The minimum Gasteiger partial charge on any atom is -0.356 e. The molecule has 7 nitrogen and oxygen atoms in total. The minimum absolute atomic E-state index is 0.0130. The van der Waals surface area contributed by atoms with Gasteiger partial charge in [-0.1, -0.05) is 38.1 Å². The van der Waals surface area contributed by atoms with E-state index in [2.05, 4.69) is 41.0 Å². The molecule has 1 aliphatic heterocycles. The van der Waals surface area contributed by atoms with Crippen LogP contribution in [0.15, 0.2) is 40.9 Å². The zero-order chi connectivity index (χ0) is 19.9. The van der Waals surface area contributed by atoms with Gasteiger partial charge in [-0.2, -0.15) is 5.10 Å². The Morgan fingerprint density at radius 3 is 2.61 bits per heavy atom. The molecular formula is C21H25N5O2. The van der Waals surface area contributed by atoms with E-state index < -0.39 is 0 Å². The number of carbonyl (C=O) groups is 1. The van der Waals surface area contributed by atoms with Crippen molar-refractivity contribution in [2.24, 2.45) is 0 Å². The molecule has 7 heteroatoms. The minimum atomic E-state index is -0.0130. The number of para-hydroxylation sites is 1. The van der Waals surface area contributed by atoms with Crippen LogP contribution in [-0.2, 0) is 16.6 Å². The molecule has 4 rings (SSSR count). The van der Waals surface area contributed by atoms with E-state index in [4.69, 9.17) is 4.52 Å². The number of amides is 1. The highest BCUT2D eigenvalue weighted by atomic mass is 16.5. The summed E-state index contributed by atoms with van der Waals surface area (Å²) in [7, 11) is 1.85. The Hall–Kier alpha value is -2.96. The number of hydrogen-bond acceptors (Lipinski definition) is 6. The normalized spacial score (nSPS) is 14.9. The first-order valence-electron chi connectivity index (χ1n) is 9.51. The van der Waals surface area contributed by atoms with Crippen LogP contribution in [0.2, 0.25) is 0 Å². The van der Waals surface area contributed by atoms with E-state index in [-0.39, 0.29) is 23.8 Å². The van der Waals surface area contributed by atoms with Gasteiger partial charge in [0.25, 0.3) is 0 Å². The molecule has 0 atom stereocenters. The molecule has 3 heterocycles. The van der Waals surface area contributed by atoms with Crippen molar-refractivity contribution in [3.63, 3.8) is 0 Å². The van der Waals surface area contributed by atoms with Gasteiger partial charge in [-0.3, -0.25) is 4.79 Å². The standard InChI is InChI=1S/C21H25N5O2/c1-21(2,3)18-9-10-19(23-22-18)26-12-14(13-26)25(4)20(27)11-16-15-7-5-6-8-17(15)28-24-16/h5-10,14H,11-13H2,1-4H3. The lowest BCUT2D eigenvalue weighted by Gasteiger charge is -2.44. The molecule has 2 aromatic heterocycles. The van der Waals surface area contributed by atoms with Crippen molar-refractivity contribution in [1.82, 2.24) is 20.3 Å². The van der Waals surface area contributed by atoms with Gasteiger partial charge < -0.3 is 14.3 Å². The smallest absolute Gasteiger partial charge is 0.228 e. The van der Waals surface area contributed by atoms with Gasteiger partial charge in [0.1, 0.15) is 5.69 Å². The summed E-state index contributed by atoms with van der Waals surface area (Å²) in [4.78, 5) is 16.6. The Labute approximate surface area is 164 Å². The molecule has 1 saturated heterocycles. The van der Waals surface area contributed by atoms with Crippen molar-refractivity contribution in [2.75, 3.05) is 25.0 Å². The summed E-state index contributed by atoms with van der Waals surface area (Å²) < 4.78 is 5.29. The number of carbonyl (C=O) groups excluding carboxylic acids is 1. The van der Waals surface area contributed by atoms with E-state index in [1.54, 1.807) is 4.90 Å². The van der Waals surface area contributed by atoms with Crippen molar-refractivity contribution in [3.05, 3.63) is 47.8 Å². The van der Waals surface area contributed by atoms with Crippen LogP contribution in [0.4, 0.5) is 5.82 Å². The maximum atomic E-state index is 12.7. The summed E-state index contributed by atoms with van der Waals surface area (Å²) in [5.41, 5.74) is 2.36. The Kier molecular flexibility index (Phi) is 4.53. The number of fused-ring (bicyclic) bond motifs is 1. The first-order valence-corrected chi connectivity index (χ1v) is 9.51. The summed E-state index contributed by atoms with van der Waals surface area (Å²) in [6, 6.07) is 11.8. The maximum Gasteiger partial charge on any atom is 0.228 e. The topological polar surface area (TPSA) is 75.4 Å². The Balaban J connectivity index is 1.35. The van der Waals surface area contributed by atoms with Gasteiger partial charge in [0.2, 0.25) is 5.91 Å². The number of anilines is 1. The number of rotatable bonds is 4. The number of likely N-dealkylation sites (N-methyl/N-ethyl adjacent to an activating group) is 1. The fourth-order valence-corrected chi connectivity index (χ4v) is 3.32. The van der Waals surface area contributed by atoms with Crippen LogP contribution in [0.1, 0.15) is 32.2 Å². The predicted octanol–water partition coefficient (Wildman–Crippen LogP) is 2.81. The van der Waals surface area contributed by atoms with E-state index in [9.17, 15) is 4.79 Å². The highest BCUT2D eigenvalue weighted by Gasteiger charge is 2.34. The summed E-state index contributed by atoms with van der Waals surface area (Å²) >= 11 is 0. The average molecular weight is 379 g/mol. The largest absolute Gasteiger partial charge is 0.356 e. The third-order valence-corrected chi connectivity index (χ3v) is 5.32. The van der Waals surface area contributed by atoms with E-state index >= 15 is 0 Å². The average Bonchev–Trinajstić information content (AvgIpc) is 3.03. The Bertz CT molecular complexity index is 984. The molecule has 0 aliphatic carbocycles. The Morgan fingerprint density at radius 1 is 1.18 bits per heavy atom. The second-order valence-corrected chi connectivity index (χ2v) is 8.39. The van der Waals surface area contributed by atoms with Gasteiger partial charge in [-0.15, -0.1) is 5.10 Å². The first-order chi connectivity index (χ1) is 13.3. The first kappa shape index (κ1) is 18.4. The third kappa shape index (κ3) is 3.44. The van der Waals surface area contributed by atoms with Gasteiger partial charge in [-0.05, 0) is 24.3 Å². The lowest BCUT2D eigenvalue weighted by molar-refractivity contribution is -0.131. The third-order valence-electron chi connectivity index (χ3n) is 5.32. The zero-order valence-electron chi connectivity index (χ0n) is 16.7. The van der Waals surface area contributed by atoms with Gasteiger partial charge in [0.15, 0.2) is 11.4 Å². The lowest BCUT2D eigenvalue weighted by Crippen LogP contribution is -2.60. The molecule has 0 spiro atoms. The van der Waals surface area contributed by atoms with E-state index in [1.165, 1.54) is 0 Å². The fourth-order valence-electron chi connectivity index (χ4n) is 3.32. The molecular weight excluding hydrogens is 354 g/mol. The summed E-state index contributed by atoms with van der Waals surface area (Å²) in [5.74, 6) is 0.894. The van der Waals surface area contributed by atoms with E-state index in [0.717, 1.165) is 30.0 Å². The van der Waals surface area contributed by atoms with Gasteiger partial charge in [0, 0.05) is 30.9 Å². The van der Waals surface area contributed by atoms with Crippen molar-refractivity contribution in [3.8, 4) is 0 Å². The summed E-state index contributed by atoms with van der Waals surface area (Å²) in [6.45, 7) is 7.87. The van der Waals surface area contributed by atoms with Gasteiger partial charge >= 0.3 is 0 Å². The molecule has 1 amide bonds. The summed E-state index contributed by atoms with van der Waals surface area (Å²) in [6.07, 6.45) is 0.240. The molecule has 1 aliphatic rings. The fraction of sp³-hybridized carbons (Fsp3) is 0.429. The second-order valence-electron chi connectivity index (χ2n) is 8.39. The quantitative estimate of drug-likeness (QED) is 0.694. The summed E-state index contributed by atoms with van der Waals surface area (Å²) in [5, 5.41) is 13.7. The molecule has 0 bridgehead atoms. The van der Waals surface area contributed by atoms with Crippen LogP contribution in [-0.4, -0.2) is 52.3 Å². The van der Waals surface area contributed by atoms with Crippen molar-refractivity contribution in [1.29, 1.82) is 0 Å². The molecule has 0 unspecified atom stereocenters. The molecule has 0 radical (unpaired) electrons. The second kappa shape index (κ2) is 6.89. The molecule has 1 aromatic carbocycles. The number of hydrogen-bond donors (Lipinski definition) is 0. The van der Waals surface area contributed by atoms with Crippen LogP contribution >= 0.6 is 0 Å². The highest BCUT2D eigenvalue weighted by molar-refractivity contribution is 5.86. The van der Waals surface area contributed by atoms with Crippen molar-refractivity contribution in [2.45, 2.75) is 38.6 Å². The molecule has 1 fully saturated rings. The molecule has 0 saturated carbocycles. The van der Waals surface area contributed by atoms with E-state index in [1.807, 2.05) is 43.4 Å². The lowest BCUT2D eigenvalue weighted by atomic mass is 9.92. The molecule has 28 heavy (non-hydrogen) atoms. The van der Waals surface area contributed by atoms with Crippen LogP contribution in [0, 0.1) is 0 Å².